The Morgan fingerprint density at radius 1 is 1.69 bits per heavy atom. The average Bonchev–Trinajstić information content (AvgIpc) is 2.76. The molecule has 0 radical (unpaired) electrons. The highest BCUT2D eigenvalue weighted by atomic mass is 32.1. The third-order valence-electron chi connectivity index (χ3n) is 2.30. The molecule has 1 aromatic rings. The molecule has 2 heterocycles. The zero-order chi connectivity index (χ0) is 11.4. The van der Waals surface area contributed by atoms with Crippen LogP contribution in [0, 0.1) is 10.1 Å². The van der Waals surface area contributed by atoms with Crippen LogP contribution in [0.1, 0.15) is 6.42 Å². The fraction of sp³-hybridized carbons (Fsp3) is 0.444. The van der Waals surface area contributed by atoms with Crippen LogP contribution in [0.3, 0.4) is 0 Å². The molecule has 0 fully saturated rings. The van der Waals surface area contributed by atoms with Gasteiger partial charge in [-0.3, -0.25) is 10.1 Å². The summed E-state index contributed by atoms with van der Waals surface area (Å²) >= 11 is 1.07. The molecule has 0 bridgehead atoms. The first kappa shape index (κ1) is 11.0. The largest absolute Gasteiger partial charge is 0.358 e. The number of thiazole rings is 1. The van der Waals surface area contributed by atoms with E-state index in [0.717, 1.165) is 30.8 Å². The molecule has 0 unspecified atom stereocenters. The van der Waals surface area contributed by atoms with Crippen LogP contribution in [-0.4, -0.2) is 29.5 Å². The van der Waals surface area contributed by atoms with Gasteiger partial charge < -0.3 is 10.6 Å². The van der Waals surface area contributed by atoms with Crippen LogP contribution in [0.5, 0.6) is 0 Å². The number of nitrogens with one attached hydrogen (secondary N) is 2. The standard InChI is InChI=1S/C9H12N4O2S/c14-13(15)8-6-12-9(16-8)11-5-7-1-3-10-4-2-7/h1,6,10H,2-5H2,(H,11,12). The fourth-order valence-electron chi connectivity index (χ4n) is 1.45. The molecule has 0 spiro atoms. The van der Waals surface area contributed by atoms with E-state index in [1.807, 2.05) is 0 Å². The van der Waals surface area contributed by atoms with E-state index in [1.54, 1.807) is 0 Å². The Morgan fingerprint density at radius 2 is 2.56 bits per heavy atom. The zero-order valence-electron chi connectivity index (χ0n) is 8.60. The Labute approximate surface area is 96.5 Å². The van der Waals surface area contributed by atoms with Crippen molar-refractivity contribution in [3.05, 3.63) is 28.0 Å². The number of rotatable bonds is 4. The lowest BCUT2D eigenvalue weighted by Crippen LogP contribution is -2.23. The summed E-state index contributed by atoms with van der Waals surface area (Å²) in [6, 6.07) is 0. The minimum atomic E-state index is -0.424. The van der Waals surface area contributed by atoms with E-state index in [9.17, 15) is 10.1 Å². The first-order chi connectivity index (χ1) is 7.75. The molecule has 6 nitrogen and oxygen atoms in total. The predicted molar refractivity (Wildman–Crippen MR) is 62.8 cm³/mol. The summed E-state index contributed by atoms with van der Waals surface area (Å²) in [6.07, 6.45) is 4.43. The van der Waals surface area contributed by atoms with Gasteiger partial charge in [-0.25, -0.2) is 4.98 Å². The quantitative estimate of drug-likeness (QED) is 0.472. The van der Waals surface area contributed by atoms with Crippen molar-refractivity contribution < 1.29 is 4.92 Å². The van der Waals surface area contributed by atoms with Crippen molar-refractivity contribution in [2.45, 2.75) is 6.42 Å². The monoisotopic (exact) mass is 240 g/mol. The summed E-state index contributed by atoms with van der Waals surface area (Å²) in [6.45, 7) is 2.60. The number of aromatic nitrogens is 1. The SMILES string of the molecule is O=[N+]([O-])c1cnc(NCC2=CCNCC2)s1. The van der Waals surface area contributed by atoms with Crippen molar-refractivity contribution in [1.29, 1.82) is 0 Å². The smallest absolute Gasteiger partial charge is 0.345 e. The molecule has 0 saturated heterocycles. The molecule has 0 aliphatic carbocycles. The van der Waals surface area contributed by atoms with Crippen LogP contribution in [0.15, 0.2) is 17.8 Å². The summed E-state index contributed by atoms with van der Waals surface area (Å²) in [5.74, 6) is 0. The molecular formula is C9H12N4O2S. The maximum Gasteiger partial charge on any atom is 0.345 e. The number of hydrogen-bond acceptors (Lipinski definition) is 6. The Kier molecular flexibility index (Phi) is 3.47. The second-order valence-corrected chi connectivity index (χ2v) is 4.44. The molecule has 2 rings (SSSR count). The van der Waals surface area contributed by atoms with Gasteiger partial charge in [-0.15, -0.1) is 0 Å². The highest BCUT2D eigenvalue weighted by molar-refractivity contribution is 7.18. The molecule has 0 atom stereocenters. The number of nitrogens with zero attached hydrogens (tertiary/aromatic N) is 2. The molecule has 1 aromatic heterocycles. The van der Waals surface area contributed by atoms with Crippen LogP contribution in [0.4, 0.5) is 10.1 Å². The van der Waals surface area contributed by atoms with Crippen molar-refractivity contribution in [1.82, 2.24) is 10.3 Å². The van der Waals surface area contributed by atoms with Gasteiger partial charge in [0.15, 0.2) is 5.13 Å². The van der Waals surface area contributed by atoms with E-state index < -0.39 is 4.92 Å². The lowest BCUT2D eigenvalue weighted by atomic mass is 10.1. The van der Waals surface area contributed by atoms with Gasteiger partial charge in [0.25, 0.3) is 0 Å². The first-order valence-corrected chi connectivity index (χ1v) is 5.80. The van der Waals surface area contributed by atoms with Crippen LogP contribution in [0.25, 0.3) is 0 Å². The maximum absolute atomic E-state index is 10.4. The van der Waals surface area contributed by atoms with Gasteiger partial charge in [-0.05, 0) is 24.3 Å². The molecule has 0 saturated carbocycles. The van der Waals surface area contributed by atoms with E-state index in [-0.39, 0.29) is 5.00 Å². The summed E-state index contributed by atoms with van der Waals surface area (Å²) in [5, 5.41) is 17.4. The molecule has 2 N–H and O–H groups in total. The van der Waals surface area contributed by atoms with Gasteiger partial charge >= 0.3 is 5.00 Å². The van der Waals surface area contributed by atoms with E-state index >= 15 is 0 Å². The Balaban J connectivity index is 1.89. The van der Waals surface area contributed by atoms with Crippen molar-refractivity contribution in [3.63, 3.8) is 0 Å². The highest BCUT2D eigenvalue weighted by Gasteiger charge is 2.11. The molecule has 1 aliphatic heterocycles. The molecule has 1 aliphatic rings. The van der Waals surface area contributed by atoms with Gasteiger partial charge in [-0.2, -0.15) is 0 Å². The number of hydrogen-bond donors (Lipinski definition) is 2. The minimum absolute atomic E-state index is 0.0711. The molecule has 0 amide bonds. The topological polar surface area (TPSA) is 80.1 Å². The van der Waals surface area contributed by atoms with Gasteiger partial charge in [0.1, 0.15) is 6.20 Å². The summed E-state index contributed by atoms with van der Waals surface area (Å²) in [4.78, 5) is 14.0. The number of nitro groups is 1. The van der Waals surface area contributed by atoms with Crippen LogP contribution < -0.4 is 10.6 Å². The van der Waals surface area contributed by atoms with Crippen molar-refractivity contribution in [2.24, 2.45) is 0 Å². The van der Waals surface area contributed by atoms with Crippen LogP contribution in [-0.2, 0) is 0 Å². The molecular weight excluding hydrogens is 228 g/mol. The third kappa shape index (κ3) is 2.77. The third-order valence-corrected chi connectivity index (χ3v) is 3.20. The fourth-order valence-corrected chi connectivity index (χ4v) is 2.08. The lowest BCUT2D eigenvalue weighted by molar-refractivity contribution is -0.380. The van der Waals surface area contributed by atoms with Gasteiger partial charge in [-0.1, -0.05) is 11.6 Å². The normalized spacial score (nSPS) is 15.6. The van der Waals surface area contributed by atoms with Gasteiger partial charge in [0, 0.05) is 13.1 Å². The number of anilines is 1. The Bertz CT molecular complexity index is 415. The second kappa shape index (κ2) is 5.04. The Morgan fingerprint density at radius 3 is 3.19 bits per heavy atom. The molecule has 0 aromatic carbocycles. The second-order valence-electron chi connectivity index (χ2n) is 3.43. The van der Waals surface area contributed by atoms with Crippen molar-refractivity contribution >= 4 is 21.5 Å². The van der Waals surface area contributed by atoms with Gasteiger partial charge in [0.05, 0.1) is 4.92 Å². The average molecular weight is 240 g/mol. The zero-order valence-corrected chi connectivity index (χ0v) is 9.42. The van der Waals surface area contributed by atoms with Gasteiger partial charge in [0.2, 0.25) is 0 Å². The molecule has 16 heavy (non-hydrogen) atoms. The summed E-state index contributed by atoms with van der Waals surface area (Å²) < 4.78 is 0. The maximum atomic E-state index is 10.4. The van der Waals surface area contributed by atoms with Crippen LogP contribution in [0.2, 0.25) is 0 Å². The minimum Gasteiger partial charge on any atom is -0.358 e. The van der Waals surface area contributed by atoms with Crippen molar-refractivity contribution in [3.8, 4) is 0 Å². The summed E-state index contributed by atoms with van der Waals surface area (Å²) in [7, 11) is 0. The van der Waals surface area contributed by atoms with Crippen molar-refractivity contribution in [2.75, 3.05) is 25.0 Å². The Hall–Kier alpha value is -1.47. The van der Waals surface area contributed by atoms with Crippen LogP contribution >= 0.6 is 11.3 Å². The van der Waals surface area contributed by atoms with E-state index in [4.69, 9.17) is 0 Å². The predicted octanol–water partition coefficient (Wildman–Crippen LogP) is 1.38. The van der Waals surface area contributed by atoms with E-state index in [2.05, 4.69) is 21.7 Å². The highest BCUT2D eigenvalue weighted by Crippen LogP contribution is 2.25. The molecule has 86 valence electrons. The van der Waals surface area contributed by atoms with E-state index in [1.165, 1.54) is 11.8 Å². The van der Waals surface area contributed by atoms with E-state index in [0.29, 0.717) is 11.7 Å². The lowest BCUT2D eigenvalue weighted by Gasteiger charge is -2.13. The first-order valence-electron chi connectivity index (χ1n) is 4.98. The molecule has 7 heteroatoms. The summed E-state index contributed by atoms with van der Waals surface area (Å²) in [5.41, 5.74) is 1.32.